The van der Waals surface area contributed by atoms with Crippen molar-refractivity contribution in [2.45, 2.75) is 19.3 Å². The van der Waals surface area contributed by atoms with Crippen LogP contribution in [0.5, 0.6) is 5.75 Å². The van der Waals surface area contributed by atoms with Crippen LogP contribution >= 0.6 is 23.2 Å². The molecule has 2 aliphatic rings. The highest BCUT2D eigenvalue weighted by molar-refractivity contribution is 6.50. The lowest BCUT2D eigenvalue weighted by Gasteiger charge is -2.22. The van der Waals surface area contributed by atoms with Crippen molar-refractivity contribution in [3.05, 3.63) is 69.7 Å². The molecule has 2 aromatic rings. The molecule has 4 rings (SSSR count). The maximum absolute atomic E-state index is 12.3. The van der Waals surface area contributed by atoms with Crippen LogP contribution in [0.4, 0.5) is 5.69 Å². The number of halogens is 2. The number of nitriles is 1. The molecule has 1 amide bonds. The lowest BCUT2D eigenvalue weighted by atomic mass is 10.00. The number of nitrogens with zero attached hydrogens (tertiary/aromatic N) is 4. The fourth-order valence-electron chi connectivity index (χ4n) is 3.39. The molecule has 0 aromatic heterocycles. The standard InChI is InChI=1S/C24H16Cl2N4O4/c25-17-9-16(30-23(33)11-20(31)19(12-27)29-30)10-18(26)24(17)34-22-8-15(21(32)13-28-22)7-6-14-4-2-1-3-5-14/h1-5,8-10H,6-7,11,13H2. The minimum atomic E-state index is -0.652. The van der Waals surface area contributed by atoms with E-state index in [0.717, 1.165) is 10.6 Å². The number of carbonyl (C=O) groups is 3. The number of dihydropyridines is 1. The summed E-state index contributed by atoms with van der Waals surface area (Å²) < 4.78 is 5.79. The smallest absolute Gasteiger partial charge is 0.255 e. The van der Waals surface area contributed by atoms with Gasteiger partial charge in [-0.2, -0.15) is 15.4 Å². The molecule has 0 saturated heterocycles. The van der Waals surface area contributed by atoms with Crippen LogP contribution < -0.4 is 9.75 Å². The Kier molecular flexibility index (Phi) is 6.87. The summed E-state index contributed by atoms with van der Waals surface area (Å²) in [6, 6.07) is 14.2. The average Bonchev–Trinajstić information content (AvgIpc) is 2.82. The first-order chi connectivity index (χ1) is 16.4. The summed E-state index contributed by atoms with van der Waals surface area (Å²) in [5.74, 6) is -1.08. The number of carbonyl (C=O) groups excluding carboxylic acids is 3. The van der Waals surface area contributed by atoms with Crippen molar-refractivity contribution < 1.29 is 19.1 Å². The normalized spacial score (nSPS) is 16.0. The van der Waals surface area contributed by atoms with E-state index in [1.807, 2.05) is 30.3 Å². The summed E-state index contributed by atoms with van der Waals surface area (Å²) in [5.41, 5.74) is 1.48. The van der Waals surface area contributed by atoms with Gasteiger partial charge in [0.25, 0.3) is 5.91 Å². The van der Waals surface area contributed by atoms with Gasteiger partial charge in [-0.1, -0.05) is 53.5 Å². The van der Waals surface area contributed by atoms with E-state index < -0.39 is 18.1 Å². The van der Waals surface area contributed by atoms with Crippen molar-refractivity contribution in [3.63, 3.8) is 0 Å². The van der Waals surface area contributed by atoms with Crippen molar-refractivity contribution in [2.75, 3.05) is 11.6 Å². The van der Waals surface area contributed by atoms with Gasteiger partial charge < -0.3 is 4.74 Å². The molecule has 10 heteroatoms. The Bertz CT molecular complexity index is 1300. The molecule has 0 fully saturated rings. The minimum Gasteiger partial charge on any atom is -0.436 e. The Morgan fingerprint density at radius 1 is 1.03 bits per heavy atom. The van der Waals surface area contributed by atoms with Crippen LogP contribution in [0.15, 0.2) is 64.2 Å². The molecule has 0 unspecified atom stereocenters. The van der Waals surface area contributed by atoms with E-state index in [1.54, 1.807) is 12.1 Å². The predicted molar refractivity (Wildman–Crippen MR) is 127 cm³/mol. The highest BCUT2D eigenvalue weighted by Crippen LogP contribution is 2.38. The van der Waals surface area contributed by atoms with E-state index in [0.29, 0.717) is 18.4 Å². The monoisotopic (exact) mass is 494 g/mol. The summed E-state index contributed by atoms with van der Waals surface area (Å²) >= 11 is 12.7. The van der Waals surface area contributed by atoms with Crippen molar-refractivity contribution in [1.29, 1.82) is 5.26 Å². The Balaban J connectivity index is 1.54. The number of aliphatic imine (C=N–C) groups is 1. The Morgan fingerprint density at radius 2 is 1.74 bits per heavy atom. The largest absolute Gasteiger partial charge is 0.436 e. The molecule has 0 aliphatic carbocycles. The average molecular weight is 495 g/mol. The van der Waals surface area contributed by atoms with Crippen molar-refractivity contribution >= 4 is 58.0 Å². The number of amides is 1. The fraction of sp³-hybridized carbons (Fsp3) is 0.167. The molecule has 2 heterocycles. The van der Waals surface area contributed by atoms with Crippen molar-refractivity contribution in [2.24, 2.45) is 10.1 Å². The molecule has 0 N–H and O–H groups in total. The van der Waals surface area contributed by atoms with Gasteiger partial charge >= 0.3 is 0 Å². The molecule has 0 spiro atoms. The van der Waals surface area contributed by atoms with Gasteiger partial charge in [-0.25, -0.2) is 4.99 Å². The van der Waals surface area contributed by atoms with Crippen LogP contribution in [0.25, 0.3) is 0 Å². The number of hydrogen-bond donors (Lipinski definition) is 0. The van der Waals surface area contributed by atoms with Gasteiger partial charge in [-0.05, 0) is 30.5 Å². The van der Waals surface area contributed by atoms with E-state index in [1.165, 1.54) is 12.1 Å². The molecule has 0 saturated carbocycles. The maximum Gasteiger partial charge on any atom is 0.255 e. The zero-order valence-electron chi connectivity index (χ0n) is 17.6. The van der Waals surface area contributed by atoms with Gasteiger partial charge in [0.05, 0.1) is 22.2 Å². The highest BCUT2D eigenvalue weighted by Gasteiger charge is 2.29. The lowest BCUT2D eigenvalue weighted by Crippen LogP contribution is -2.36. The highest BCUT2D eigenvalue weighted by atomic mass is 35.5. The molecule has 34 heavy (non-hydrogen) atoms. The summed E-state index contributed by atoms with van der Waals surface area (Å²) in [6.07, 6.45) is 2.31. The van der Waals surface area contributed by atoms with E-state index in [2.05, 4.69) is 10.1 Å². The molecule has 170 valence electrons. The quantitative estimate of drug-likeness (QED) is 0.580. The number of Topliss-reactive ketones (excluding diaryl/α,β-unsaturated/α-hetero) is 2. The SMILES string of the molecule is N#CC1=NN(c2cc(Cl)c(OC3=NCC(=O)C(CCc4ccccc4)=C3)c(Cl)c2)C(=O)CC1=O. The van der Waals surface area contributed by atoms with Gasteiger partial charge in [0.2, 0.25) is 17.4 Å². The first-order valence-electron chi connectivity index (χ1n) is 10.2. The second-order valence-corrected chi connectivity index (χ2v) is 8.25. The third-order valence-electron chi connectivity index (χ3n) is 5.11. The van der Waals surface area contributed by atoms with Crippen molar-refractivity contribution in [1.82, 2.24) is 0 Å². The Morgan fingerprint density at radius 3 is 2.41 bits per heavy atom. The maximum atomic E-state index is 12.3. The molecule has 0 bridgehead atoms. The number of aryl methyl sites for hydroxylation is 1. The van der Waals surface area contributed by atoms with Crippen molar-refractivity contribution in [3.8, 4) is 11.8 Å². The Hall–Kier alpha value is -3.80. The molecular weight excluding hydrogens is 479 g/mol. The van der Waals surface area contributed by atoms with E-state index in [4.69, 9.17) is 33.2 Å². The van der Waals surface area contributed by atoms with Gasteiger partial charge in [-0.3, -0.25) is 14.4 Å². The summed E-state index contributed by atoms with van der Waals surface area (Å²) in [5, 5.41) is 13.8. The third-order valence-corrected chi connectivity index (χ3v) is 5.67. The second kappa shape index (κ2) is 10.00. The topological polar surface area (TPSA) is 112 Å². The molecule has 2 aromatic carbocycles. The van der Waals surface area contributed by atoms with Gasteiger partial charge in [-0.15, -0.1) is 0 Å². The predicted octanol–water partition coefficient (Wildman–Crippen LogP) is 4.10. The van der Waals surface area contributed by atoms with Crippen LogP contribution in [-0.2, 0) is 20.8 Å². The first kappa shape index (κ1) is 23.4. The number of hydrogen-bond acceptors (Lipinski definition) is 7. The van der Waals surface area contributed by atoms with E-state index in [-0.39, 0.29) is 45.4 Å². The van der Waals surface area contributed by atoms with Crippen LogP contribution in [0.3, 0.4) is 0 Å². The number of benzene rings is 2. The Labute approximate surface area is 204 Å². The van der Waals surface area contributed by atoms with Crippen LogP contribution in [0.1, 0.15) is 18.4 Å². The number of anilines is 1. The van der Waals surface area contributed by atoms with E-state index in [9.17, 15) is 14.4 Å². The number of rotatable bonds is 5. The summed E-state index contributed by atoms with van der Waals surface area (Å²) in [6.45, 7) is -0.0504. The second-order valence-electron chi connectivity index (χ2n) is 7.44. The molecule has 8 nitrogen and oxygen atoms in total. The summed E-state index contributed by atoms with van der Waals surface area (Å²) in [4.78, 5) is 40.3. The number of hydrazone groups is 1. The number of ether oxygens (including phenoxy) is 1. The van der Waals surface area contributed by atoms with Gasteiger partial charge in [0.15, 0.2) is 11.5 Å². The molecule has 0 atom stereocenters. The van der Waals surface area contributed by atoms with E-state index >= 15 is 0 Å². The molecule has 0 radical (unpaired) electrons. The molecule has 2 aliphatic heterocycles. The van der Waals surface area contributed by atoms with Crippen LogP contribution in [-0.4, -0.2) is 35.6 Å². The summed E-state index contributed by atoms with van der Waals surface area (Å²) in [7, 11) is 0. The third kappa shape index (κ3) is 5.06. The van der Waals surface area contributed by atoms with Crippen LogP contribution in [0.2, 0.25) is 10.0 Å². The minimum absolute atomic E-state index is 0.0504. The van der Waals surface area contributed by atoms with Gasteiger partial charge in [0, 0.05) is 11.6 Å². The zero-order chi connectivity index (χ0) is 24.2. The zero-order valence-corrected chi connectivity index (χ0v) is 19.1. The van der Waals surface area contributed by atoms with Crippen LogP contribution in [0, 0.1) is 11.3 Å². The van der Waals surface area contributed by atoms with Gasteiger partial charge in [0.1, 0.15) is 12.6 Å². The molecular formula is C24H16Cl2N4O4. The first-order valence-corrected chi connectivity index (χ1v) is 10.9. The fourth-order valence-corrected chi connectivity index (χ4v) is 3.94. The number of ketones is 2. The lowest BCUT2D eigenvalue weighted by molar-refractivity contribution is -0.124.